The average molecular weight is 389 g/mol. The van der Waals surface area contributed by atoms with Gasteiger partial charge in [-0.25, -0.2) is 13.1 Å². The van der Waals surface area contributed by atoms with Gasteiger partial charge in [0, 0.05) is 12.8 Å². The van der Waals surface area contributed by atoms with Crippen molar-refractivity contribution in [3.8, 4) is 11.4 Å². The molecular weight excluding hydrogens is 370 g/mol. The molecule has 27 heavy (non-hydrogen) atoms. The van der Waals surface area contributed by atoms with Crippen molar-refractivity contribution in [2.24, 2.45) is 0 Å². The summed E-state index contributed by atoms with van der Waals surface area (Å²) in [5, 5.41) is 10.9. The van der Waals surface area contributed by atoms with E-state index in [4.69, 9.17) is 9.47 Å². The molecule has 1 N–H and O–H groups in total. The van der Waals surface area contributed by atoms with E-state index in [-0.39, 0.29) is 4.90 Å². The smallest absolute Gasteiger partial charge is 0.261 e. The summed E-state index contributed by atoms with van der Waals surface area (Å²) < 4.78 is 39.8. The highest BCUT2D eigenvalue weighted by molar-refractivity contribution is 7.92. The molecule has 0 bridgehead atoms. The van der Waals surface area contributed by atoms with E-state index in [1.807, 2.05) is 0 Å². The van der Waals surface area contributed by atoms with Gasteiger partial charge in [0.2, 0.25) is 0 Å². The molecule has 0 saturated heterocycles. The van der Waals surface area contributed by atoms with Crippen molar-refractivity contribution in [2.75, 3.05) is 25.0 Å². The number of hydrogen-bond acceptors (Lipinski definition) is 7. The van der Waals surface area contributed by atoms with Gasteiger partial charge < -0.3 is 9.47 Å². The van der Waals surface area contributed by atoms with Crippen molar-refractivity contribution < 1.29 is 17.9 Å². The largest absolute Gasteiger partial charge is 0.491 e. The first-order valence-corrected chi connectivity index (χ1v) is 9.56. The first-order valence-electron chi connectivity index (χ1n) is 8.08. The molecular formula is C17H19N5O4S. The molecule has 0 saturated carbocycles. The van der Waals surface area contributed by atoms with Crippen LogP contribution in [0.2, 0.25) is 0 Å². The van der Waals surface area contributed by atoms with E-state index in [1.165, 1.54) is 17.1 Å². The molecule has 3 rings (SSSR count). The number of nitrogens with zero attached hydrogens (tertiary/aromatic N) is 4. The standard InChI is InChI=1S/C17H19N5O4S/c1-13-11-16(7-8-17(13)26-10-9-25-2)27(23,24)19-14-3-5-15(6-4-14)22-12-18-20-21-22/h3-8,11-12,19H,9-10H2,1-2H3. The van der Waals surface area contributed by atoms with Gasteiger partial charge in [-0.3, -0.25) is 4.72 Å². The fourth-order valence-electron chi connectivity index (χ4n) is 2.36. The van der Waals surface area contributed by atoms with Gasteiger partial charge in [-0.15, -0.1) is 5.10 Å². The number of ether oxygens (including phenoxy) is 2. The maximum Gasteiger partial charge on any atom is 0.261 e. The summed E-state index contributed by atoms with van der Waals surface area (Å²) in [7, 11) is -2.13. The first-order chi connectivity index (χ1) is 13.0. The number of aromatic nitrogens is 4. The Morgan fingerprint density at radius 1 is 1.11 bits per heavy atom. The number of anilines is 1. The molecule has 0 spiro atoms. The molecule has 10 heteroatoms. The Balaban J connectivity index is 1.73. The number of hydrogen-bond donors (Lipinski definition) is 1. The van der Waals surface area contributed by atoms with Crippen molar-refractivity contribution in [2.45, 2.75) is 11.8 Å². The summed E-state index contributed by atoms with van der Waals surface area (Å²) in [4.78, 5) is 0.156. The first kappa shape index (κ1) is 18.8. The highest BCUT2D eigenvalue weighted by Gasteiger charge is 2.16. The van der Waals surface area contributed by atoms with Gasteiger partial charge in [-0.2, -0.15) is 0 Å². The third kappa shape index (κ3) is 4.60. The molecule has 0 fully saturated rings. The van der Waals surface area contributed by atoms with E-state index in [2.05, 4.69) is 20.2 Å². The van der Waals surface area contributed by atoms with E-state index in [1.54, 1.807) is 50.4 Å². The second kappa shape index (κ2) is 8.14. The van der Waals surface area contributed by atoms with Crippen molar-refractivity contribution in [1.29, 1.82) is 0 Å². The molecule has 0 radical (unpaired) electrons. The number of methoxy groups -OCH3 is 1. The Morgan fingerprint density at radius 2 is 1.89 bits per heavy atom. The van der Waals surface area contributed by atoms with Gasteiger partial charge >= 0.3 is 0 Å². The Kier molecular flexibility index (Phi) is 5.67. The molecule has 0 aliphatic carbocycles. The number of tetrazole rings is 1. The molecule has 3 aromatic rings. The topological polar surface area (TPSA) is 108 Å². The van der Waals surface area contributed by atoms with Crippen LogP contribution in [0.3, 0.4) is 0 Å². The summed E-state index contributed by atoms with van der Waals surface area (Å²) in [6, 6.07) is 11.4. The van der Waals surface area contributed by atoms with Gasteiger partial charge in [-0.05, 0) is 65.4 Å². The third-order valence-electron chi connectivity index (χ3n) is 3.73. The lowest BCUT2D eigenvalue weighted by Gasteiger charge is -2.12. The van der Waals surface area contributed by atoms with Crippen LogP contribution in [-0.2, 0) is 14.8 Å². The maximum absolute atomic E-state index is 12.6. The molecule has 0 aliphatic rings. The molecule has 0 unspecified atom stereocenters. The Morgan fingerprint density at radius 3 is 2.52 bits per heavy atom. The van der Waals surface area contributed by atoms with Crippen LogP contribution in [0.4, 0.5) is 5.69 Å². The number of sulfonamides is 1. The number of benzene rings is 2. The highest BCUT2D eigenvalue weighted by atomic mass is 32.2. The second-order valence-electron chi connectivity index (χ2n) is 5.68. The summed E-state index contributed by atoms with van der Waals surface area (Å²) in [6.45, 7) is 2.65. The summed E-state index contributed by atoms with van der Waals surface area (Å²) in [5.74, 6) is 0.622. The minimum absolute atomic E-state index is 0.156. The van der Waals surface area contributed by atoms with E-state index in [0.717, 1.165) is 11.3 Å². The maximum atomic E-state index is 12.6. The zero-order valence-corrected chi connectivity index (χ0v) is 15.7. The van der Waals surface area contributed by atoms with Crippen molar-refractivity contribution in [3.05, 3.63) is 54.4 Å². The van der Waals surface area contributed by atoms with Crippen LogP contribution in [-0.4, -0.2) is 48.9 Å². The van der Waals surface area contributed by atoms with Gasteiger partial charge in [0.1, 0.15) is 18.7 Å². The highest BCUT2D eigenvalue weighted by Crippen LogP contribution is 2.24. The zero-order valence-electron chi connectivity index (χ0n) is 14.9. The molecule has 142 valence electrons. The lowest BCUT2D eigenvalue weighted by atomic mass is 10.2. The predicted molar refractivity (Wildman–Crippen MR) is 98.5 cm³/mol. The van der Waals surface area contributed by atoms with Gasteiger partial charge in [0.15, 0.2) is 0 Å². The van der Waals surface area contributed by atoms with Crippen LogP contribution in [0.25, 0.3) is 5.69 Å². The molecule has 0 atom stereocenters. The number of aryl methyl sites for hydroxylation is 1. The Bertz CT molecular complexity index is 989. The van der Waals surface area contributed by atoms with Crippen LogP contribution < -0.4 is 9.46 Å². The van der Waals surface area contributed by atoms with E-state index in [9.17, 15) is 8.42 Å². The molecule has 1 heterocycles. The fraction of sp³-hybridized carbons (Fsp3) is 0.235. The van der Waals surface area contributed by atoms with Crippen molar-refractivity contribution >= 4 is 15.7 Å². The second-order valence-corrected chi connectivity index (χ2v) is 7.36. The third-order valence-corrected chi connectivity index (χ3v) is 5.11. The quantitative estimate of drug-likeness (QED) is 0.585. The zero-order chi connectivity index (χ0) is 19.3. The molecule has 2 aromatic carbocycles. The minimum Gasteiger partial charge on any atom is -0.491 e. The molecule has 9 nitrogen and oxygen atoms in total. The fourth-order valence-corrected chi connectivity index (χ4v) is 3.51. The summed E-state index contributed by atoms with van der Waals surface area (Å²) in [6.07, 6.45) is 1.46. The van der Waals surface area contributed by atoms with Crippen LogP contribution in [0.1, 0.15) is 5.56 Å². The number of nitrogens with one attached hydrogen (secondary N) is 1. The summed E-state index contributed by atoms with van der Waals surface area (Å²) >= 11 is 0. The molecule has 0 amide bonds. The Hall–Kier alpha value is -2.98. The SMILES string of the molecule is COCCOc1ccc(S(=O)(=O)Nc2ccc(-n3cnnn3)cc2)cc1C. The van der Waals surface area contributed by atoms with E-state index < -0.39 is 10.0 Å². The van der Waals surface area contributed by atoms with E-state index >= 15 is 0 Å². The molecule has 1 aromatic heterocycles. The minimum atomic E-state index is -3.72. The van der Waals surface area contributed by atoms with Gasteiger partial charge in [-0.1, -0.05) is 0 Å². The van der Waals surface area contributed by atoms with Crippen molar-refractivity contribution in [3.63, 3.8) is 0 Å². The Labute approximate surface area is 157 Å². The number of rotatable bonds is 8. The lowest BCUT2D eigenvalue weighted by Crippen LogP contribution is -2.13. The predicted octanol–water partition coefficient (Wildman–Crippen LogP) is 1.80. The normalized spacial score (nSPS) is 11.3. The van der Waals surface area contributed by atoms with Crippen LogP contribution >= 0.6 is 0 Å². The molecule has 0 aliphatic heterocycles. The van der Waals surface area contributed by atoms with Crippen LogP contribution in [0.5, 0.6) is 5.75 Å². The lowest BCUT2D eigenvalue weighted by molar-refractivity contribution is 0.146. The van der Waals surface area contributed by atoms with Crippen LogP contribution in [0.15, 0.2) is 53.7 Å². The summed E-state index contributed by atoms with van der Waals surface area (Å²) in [5.41, 5.74) is 1.88. The van der Waals surface area contributed by atoms with Crippen LogP contribution in [0, 0.1) is 6.92 Å². The average Bonchev–Trinajstić information content (AvgIpc) is 3.18. The van der Waals surface area contributed by atoms with Gasteiger partial charge in [0.05, 0.1) is 17.2 Å². The monoisotopic (exact) mass is 389 g/mol. The van der Waals surface area contributed by atoms with Gasteiger partial charge in [0.25, 0.3) is 10.0 Å². The van der Waals surface area contributed by atoms with Crippen molar-refractivity contribution in [1.82, 2.24) is 20.2 Å². The van der Waals surface area contributed by atoms with E-state index in [0.29, 0.717) is 24.7 Å².